The van der Waals surface area contributed by atoms with Crippen LogP contribution in [0.25, 0.3) is 22.6 Å². The maximum absolute atomic E-state index is 12.6. The van der Waals surface area contributed by atoms with Gasteiger partial charge in [0.25, 0.3) is 5.91 Å². The first-order valence-electron chi connectivity index (χ1n) is 11.1. The molecule has 1 aromatic heterocycles. The average Bonchev–Trinajstić information content (AvgIpc) is 3.30. The van der Waals surface area contributed by atoms with Gasteiger partial charge in [0.05, 0.1) is 18.2 Å². The van der Waals surface area contributed by atoms with Crippen LogP contribution < -0.4 is 14.8 Å². The Hall–Kier alpha value is -4.31. The lowest BCUT2D eigenvalue weighted by molar-refractivity contribution is 0.0789. The van der Waals surface area contributed by atoms with Gasteiger partial charge in [-0.3, -0.25) is 4.79 Å². The van der Waals surface area contributed by atoms with Crippen molar-refractivity contribution in [3.05, 3.63) is 77.4 Å². The van der Waals surface area contributed by atoms with Crippen molar-refractivity contribution in [1.82, 2.24) is 10.3 Å². The molecule has 0 bridgehead atoms. The minimum atomic E-state index is -0.258. The highest BCUT2D eigenvalue weighted by Crippen LogP contribution is 2.32. The van der Waals surface area contributed by atoms with E-state index in [4.69, 9.17) is 13.9 Å². The number of amides is 1. The van der Waals surface area contributed by atoms with Crippen molar-refractivity contribution < 1.29 is 18.7 Å². The van der Waals surface area contributed by atoms with E-state index in [9.17, 15) is 10.1 Å². The number of nitrogens with one attached hydrogen (secondary N) is 1. The molecule has 1 unspecified atom stereocenters. The number of nitriles is 1. The van der Waals surface area contributed by atoms with Crippen molar-refractivity contribution in [3.63, 3.8) is 0 Å². The van der Waals surface area contributed by atoms with Crippen LogP contribution >= 0.6 is 0 Å². The quantitative estimate of drug-likeness (QED) is 0.454. The Balaban J connectivity index is 1.28. The molecule has 0 saturated heterocycles. The highest BCUT2D eigenvalue weighted by atomic mass is 16.6. The summed E-state index contributed by atoms with van der Waals surface area (Å²) in [6, 6.07) is 20.3. The average molecular weight is 453 g/mol. The fourth-order valence-electron chi connectivity index (χ4n) is 3.91. The number of carbonyl (C=O) groups is 1. The van der Waals surface area contributed by atoms with Gasteiger partial charge in [0.1, 0.15) is 18.2 Å². The molecule has 170 valence electrons. The number of rotatable bonds is 5. The predicted molar refractivity (Wildman–Crippen MR) is 127 cm³/mol. The molecule has 7 nitrogen and oxygen atoms in total. The van der Waals surface area contributed by atoms with E-state index in [1.807, 2.05) is 30.3 Å². The van der Waals surface area contributed by atoms with E-state index in [1.54, 1.807) is 30.3 Å². The Morgan fingerprint density at radius 3 is 2.65 bits per heavy atom. The molecule has 5 rings (SSSR count). The lowest BCUT2D eigenvalue weighted by Crippen LogP contribution is -2.40. The van der Waals surface area contributed by atoms with Crippen LogP contribution in [0.5, 0.6) is 11.5 Å². The summed E-state index contributed by atoms with van der Waals surface area (Å²) < 4.78 is 17.6. The van der Waals surface area contributed by atoms with Gasteiger partial charge in [-0.15, -0.1) is 0 Å². The van der Waals surface area contributed by atoms with E-state index < -0.39 is 0 Å². The maximum Gasteiger partial charge on any atom is 0.251 e. The monoisotopic (exact) mass is 453 g/mol. The highest BCUT2D eigenvalue weighted by molar-refractivity contribution is 5.94. The van der Waals surface area contributed by atoms with Gasteiger partial charge in [0, 0.05) is 16.7 Å². The molecule has 3 aromatic carbocycles. The third kappa shape index (κ3) is 4.18. The summed E-state index contributed by atoms with van der Waals surface area (Å²) in [5.74, 6) is 1.83. The van der Waals surface area contributed by atoms with Gasteiger partial charge >= 0.3 is 0 Å². The number of ether oxygens (including phenoxy) is 2. The zero-order valence-corrected chi connectivity index (χ0v) is 18.9. The van der Waals surface area contributed by atoms with Crippen LogP contribution in [0.3, 0.4) is 0 Å². The van der Waals surface area contributed by atoms with Gasteiger partial charge in [-0.05, 0) is 54.4 Å². The molecule has 0 aliphatic carbocycles. The van der Waals surface area contributed by atoms with Crippen molar-refractivity contribution in [3.8, 4) is 29.0 Å². The second-order valence-corrected chi connectivity index (χ2v) is 8.48. The van der Waals surface area contributed by atoms with Gasteiger partial charge in [-0.2, -0.15) is 5.26 Å². The van der Waals surface area contributed by atoms with Crippen molar-refractivity contribution >= 4 is 17.0 Å². The van der Waals surface area contributed by atoms with Crippen LogP contribution in [0.15, 0.2) is 65.1 Å². The van der Waals surface area contributed by atoms with E-state index in [0.29, 0.717) is 52.8 Å². The highest BCUT2D eigenvalue weighted by Gasteiger charge is 2.21. The summed E-state index contributed by atoms with van der Waals surface area (Å²) >= 11 is 0. The minimum absolute atomic E-state index is 0.190. The van der Waals surface area contributed by atoms with Crippen molar-refractivity contribution in [2.45, 2.75) is 25.9 Å². The standard InChI is InChI=1S/C27H23N3O4/c1-16(2)21-11-17(13-28)12-22-25(21)34-27(30-22)19-9-7-18(8-10-19)26(31)29-14-20-15-32-23-5-3-4-6-24(23)33-20/h3-12,16,20H,14-15H2,1-2H3,(H,29,31). The van der Waals surface area contributed by atoms with E-state index in [1.165, 1.54) is 0 Å². The number of benzene rings is 3. The zero-order chi connectivity index (χ0) is 23.7. The molecule has 1 atom stereocenters. The van der Waals surface area contributed by atoms with Crippen LogP contribution in [0.1, 0.15) is 41.3 Å². The molecule has 1 amide bonds. The summed E-state index contributed by atoms with van der Waals surface area (Å²) in [4.78, 5) is 17.2. The number of carbonyl (C=O) groups excluding carboxylic acids is 1. The zero-order valence-electron chi connectivity index (χ0n) is 18.9. The maximum atomic E-state index is 12.6. The summed E-state index contributed by atoms with van der Waals surface area (Å²) in [7, 11) is 0. The Morgan fingerprint density at radius 1 is 1.15 bits per heavy atom. The van der Waals surface area contributed by atoms with Crippen LogP contribution in [-0.4, -0.2) is 30.1 Å². The van der Waals surface area contributed by atoms with E-state index in [0.717, 1.165) is 11.1 Å². The Kier molecular flexibility index (Phi) is 5.64. The largest absolute Gasteiger partial charge is 0.486 e. The van der Waals surface area contributed by atoms with E-state index >= 15 is 0 Å². The van der Waals surface area contributed by atoms with Crippen molar-refractivity contribution in [2.75, 3.05) is 13.2 Å². The predicted octanol–water partition coefficient (Wildman–Crippen LogP) is 5.06. The van der Waals surface area contributed by atoms with Gasteiger partial charge < -0.3 is 19.2 Å². The third-order valence-electron chi connectivity index (χ3n) is 5.72. The van der Waals surface area contributed by atoms with Crippen LogP contribution in [0.2, 0.25) is 0 Å². The topological polar surface area (TPSA) is 97.4 Å². The molecule has 1 aliphatic rings. The molecule has 7 heteroatoms. The molecular weight excluding hydrogens is 430 g/mol. The molecule has 2 heterocycles. The first kappa shape index (κ1) is 21.5. The van der Waals surface area contributed by atoms with Crippen LogP contribution in [-0.2, 0) is 0 Å². The molecule has 0 spiro atoms. The van der Waals surface area contributed by atoms with E-state index in [2.05, 4.69) is 30.2 Å². The fourth-order valence-corrected chi connectivity index (χ4v) is 3.91. The van der Waals surface area contributed by atoms with Gasteiger partial charge in [0.15, 0.2) is 17.1 Å². The molecule has 34 heavy (non-hydrogen) atoms. The Morgan fingerprint density at radius 2 is 1.91 bits per heavy atom. The Labute approximate surface area is 196 Å². The first-order chi connectivity index (χ1) is 16.5. The van der Waals surface area contributed by atoms with E-state index in [-0.39, 0.29) is 17.9 Å². The molecule has 0 fully saturated rings. The minimum Gasteiger partial charge on any atom is -0.486 e. The molecule has 0 saturated carbocycles. The summed E-state index contributed by atoms with van der Waals surface area (Å²) in [5, 5.41) is 12.2. The fraction of sp³-hybridized carbons (Fsp3) is 0.222. The number of hydrogen-bond acceptors (Lipinski definition) is 6. The van der Waals surface area contributed by atoms with Gasteiger partial charge in [-0.1, -0.05) is 26.0 Å². The van der Waals surface area contributed by atoms with Gasteiger partial charge in [0.2, 0.25) is 5.89 Å². The molecule has 1 N–H and O–H groups in total. The summed E-state index contributed by atoms with van der Waals surface area (Å²) in [5.41, 5.74) is 4.10. The van der Waals surface area contributed by atoms with Crippen molar-refractivity contribution in [1.29, 1.82) is 5.26 Å². The number of nitrogens with zero attached hydrogens (tertiary/aromatic N) is 2. The number of hydrogen-bond donors (Lipinski definition) is 1. The molecule has 4 aromatic rings. The van der Waals surface area contributed by atoms with Crippen LogP contribution in [0, 0.1) is 11.3 Å². The second kappa shape index (κ2) is 8.91. The lowest BCUT2D eigenvalue weighted by Gasteiger charge is -2.26. The number of oxazole rings is 1. The Bertz CT molecular complexity index is 1400. The van der Waals surface area contributed by atoms with Crippen molar-refractivity contribution in [2.24, 2.45) is 0 Å². The molecule has 0 radical (unpaired) electrons. The normalized spacial score (nSPS) is 14.7. The third-order valence-corrected chi connectivity index (χ3v) is 5.72. The number of para-hydroxylation sites is 2. The molecule has 1 aliphatic heterocycles. The van der Waals surface area contributed by atoms with Crippen LogP contribution in [0.4, 0.5) is 0 Å². The first-order valence-corrected chi connectivity index (χ1v) is 11.1. The summed E-state index contributed by atoms with van der Waals surface area (Å²) in [6.07, 6.45) is -0.258. The summed E-state index contributed by atoms with van der Waals surface area (Å²) in [6.45, 7) is 4.81. The number of fused-ring (bicyclic) bond motifs is 2. The van der Waals surface area contributed by atoms with Gasteiger partial charge in [-0.25, -0.2) is 4.98 Å². The lowest BCUT2D eigenvalue weighted by atomic mass is 10.00. The smallest absolute Gasteiger partial charge is 0.251 e. The SMILES string of the molecule is CC(C)c1cc(C#N)cc2nc(-c3ccc(C(=O)NCC4COc5ccccc5O4)cc3)oc12. The number of aromatic nitrogens is 1. The molecular formula is C27H23N3O4. The second-order valence-electron chi connectivity index (χ2n) is 8.48.